The normalized spacial score (nSPS) is 29.8. The molecule has 117 heavy (non-hydrogen) atoms. The van der Waals surface area contributed by atoms with Crippen LogP contribution < -0.4 is 0 Å². The second kappa shape index (κ2) is 56.8. The van der Waals surface area contributed by atoms with Gasteiger partial charge in [0.1, 0.15) is 0 Å². The van der Waals surface area contributed by atoms with Crippen molar-refractivity contribution in [2.45, 2.75) is 465 Å². The standard InChI is InChI=1S/C15H28O.C14H24O.C14H26O.C12H24O.C11H20O.2C11H22O.2C10H20O/c1-2-16-13-15(11-7-4-8-12-15)14-9-5-3-6-10-14;1-3-15-9-14(2)12-5-10-4-11(7-12)8-13(14)6-10;1-2-15-12-14(10-6-7-11-14)13-8-4-3-5-9-13;1-4-13-10-12(11(2)3)8-6-5-7-9-12;1-3-12-8-11(2)7-9-4-5-10(11)6-9;1-4-12-9-11(10(2)3)7-5-6-8-11;1-3-11(10-12-4-2)8-6-5-7-9-11;1-3-11-9-10(2)7-5-4-6-8-10;1-3-10(9-11-4-2)7-5-6-8-10/h14H,2-13H2,1H3;10-13H,3-9H2,1-2H3;13H,2-12H2,1H3;11H,4-10H2,1-3H3;9-10H,3-8H2,1-2H3;10H,4-9H2,1-3H3;3-10H2,1-2H3;2*3-9H2,1-2H3. The van der Waals surface area contributed by atoms with Crippen molar-refractivity contribution in [2.75, 3.05) is 119 Å². The molecule has 9 heteroatoms. The minimum Gasteiger partial charge on any atom is -0.381 e. The van der Waals surface area contributed by atoms with E-state index in [0.717, 1.165) is 178 Å². The fraction of sp³-hybridized carbons (Fsp3) is 1.00. The first-order chi connectivity index (χ1) is 56.6. The topological polar surface area (TPSA) is 83.1 Å². The Balaban J connectivity index is 0.000000205. The number of rotatable bonds is 33. The highest BCUT2D eigenvalue weighted by Crippen LogP contribution is 2.63. The molecule has 15 fully saturated rings. The van der Waals surface area contributed by atoms with Gasteiger partial charge in [-0.05, 0) is 350 Å². The van der Waals surface area contributed by atoms with E-state index in [-0.39, 0.29) is 0 Å². The van der Waals surface area contributed by atoms with Crippen molar-refractivity contribution < 1.29 is 42.6 Å². The van der Waals surface area contributed by atoms with E-state index in [0.29, 0.717) is 48.7 Å². The quantitative estimate of drug-likeness (QED) is 0.0638. The molecule has 0 spiro atoms. The Hall–Kier alpha value is -0.360. The smallest absolute Gasteiger partial charge is 0.0524 e. The average Bonchev–Trinajstić information content (AvgIpc) is 1.50. The molecule has 3 atom stereocenters. The summed E-state index contributed by atoms with van der Waals surface area (Å²) in [5.41, 5.74) is 4.90. The fourth-order valence-corrected chi connectivity index (χ4v) is 26.7. The van der Waals surface area contributed by atoms with E-state index in [1.807, 2.05) is 0 Å². The van der Waals surface area contributed by atoms with Crippen molar-refractivity contribution in [2.24, 2.45) is 108 Å². The molecule has 692 valence electrons. The summed E-state index contributed by atoms with van der Waals surface area (Å²) in [6, 6.07) is 0. The van der Waals surface area contributed by atoms with Gasteiger partial charge in [-0.3, -0.25) is 0 Å². The third-order valence-electron chi connectivity index (χ3n) is 35.2. The predicted octanol–water partition coefficient (Wildman–Crippen LogP) is 31.3. The van der Waals surface area contributed by atoms with Crippen LogP contribution in [0.25, 0.3) is 0 Å². The molecule has 0 aliphatic heterocycles. The Morgan fingerprint density at radius 3 is 0.880 bits per heavy atom. The number of fused-ring (bicyclic) bond motifs is 2. The van der Waals surface area contributed by atoms with E-state index in [9.17, 15) is 0 Å². The van der Waals surface area contributed by atoms with Crippen LogP contribution in [0.4, 0.5) is 0 Å². The lowest BCUT2D eigenvalue weighted by Gasteiger charge is -2.60. The highest BCUT2D eigenvalue weighted by Gasteiger charge is 2.55. The van der Waals surface area contributed by atoms with Gasteiger partial charge in [-0.1, -0.05) is 223 Å². The molecule has 15 rings (SSSR count). The summed E-state index contributed by atoms with van der Waals surface area (Å²) in [7, 11) is 0. The largest absolute Gasteiger partial charge is 0.381 e. The Morgan fingerprint density at radius 1 is 0.239 bits per heavy atom. The van der Waals surface area contributed by atoms with Gasteiger partial charge in [-0.2, -0.15) is 0 Å². The van der Waals surface area contributed by atoms with E-state index in [1.54, 1.807) is 6.42 Å². The minimum absolute atomic E-state index is 0.508. The highest BCUT2D eigenvalue weighted by atomic mass is 16.5. The highest BCUT2D eigenvalue weighted by molar-refractivity contribution is 5.05. The average molecular weight is 1650 g/mol. The molecule has 0 radical (unpaired) electrons. The third-order valence-corrected chi connectivity index (χ3v) is 35.2. The third kappa shape index (κ3) is 34.0. The van der Waals surface area contributed by atoms with E-state index < -0.39 is 0 Å². The molecule has 6 bridgehead atoms. The molecular formula is C108H206O9. The van der Waals surface area contributed by atoms with Crippen molar-refractivity contribution in [3.05, 3.63) is 0 Å². The molecule has 0 heterocycles. The molecule has 15 aliphatic carbocycles. The Bertz CT molecular complexity index is 2340. The molecule has 0 saturated heterocycles. The van der Waals surface area contributed by atoms with Crippen LogP contribution in [0.2, 0.25) is 0 Å². The van der Waals surface area contributed by atoms with Gasteiger partial charge in [-0.15, -0.1) is 0 Å². The van der Waals surface area contributed by atoms with E-state index in [4.69, 9.17) is 42.6 Å². The SMILES string of the molecule is CCOCC1(C(C)C)CCCC1.CCOCC1(C(C)C)CCCCC1.CCOCC1(C)C2CC3CC(C2)CC1C3.CCOCC1(C)CC2CCC1C2.CCOCC1(C)CCCCC1.CCOCC1(C2CCCCC2)CCCC1.CCOCC1(C2CCCCC2)CCCCC1.CCOCC1(CC)CCCC1.CCOCC1(CC)CCCCC1. The van der Waals surface area contributed by atoms with Crippen LogP contribution in [0.1, 0.15) is 465 Å². The second-order valence-corrected chi connectivity index (χ2v) is 43.6. The molecule has 0 amide bonds. The van der Waals surface area contributed by atoms with Gasteiger partial charge in [0.05, 0.1) is 59.5 Å². The number of hydrogen-bond acceptors (Lipinski definition) is 9. The van der Waals surface area contributed by atoms with Gasteiger partial charge in [0.15, 0.2) is 0 Å². The Morgan fingerprint density at radius 2 is 0.530 bits per heavy atom. The summed E-state index contributed by atoms with van der Waals surface area (Å²) < 4.78 is 50.7. The summed E-state index contributed by atoms with van der Waals surface area (Å²) in [5.74, 6) is 9.69. The first kappa shape index (κ1) is 105. The minimum atomic E-state index is 0.508. The van der Waals surface area contributed by atoms with Crippen molar-refractivity contribution in [1.29, 1.82) is 0 Å². The van der Waals surface area contributed by atoms with Crippen LogP contribution in [0.3, 0.4) is 0 Å². The zero-order valence-corrected chi connectivity index (χ0v) is 82.2. The monoisotopic (exact) mass is 1650 g/mol. The first-order valence-corrected chi connectivity index (χ1v) is 52.8. The summed E-state index contributed by atoms with van der Waals surface area (Å²) in [4.78, 5) is 0. The van der Waals surface area contributed by atoms with Gasteiger partial charge in [-0.25, -0.2) is 0 Å². The van der Waals surface area contributed by atoms with Gasteiger partial charge in [0, 0.05) is 59.5 Å². The lowest BCUT2D eigenvalue weighted by Crippen LogP contribution is -2.53. The van der Waals surface area contributed by atoms with Crippen molar-refractivity contribution >= 4 is 0 Å². The van der Waals surface area contributed by atoms with Crippen LogP contribution in [-0.4, -0.2) is 119 Å². The maximum Gasteiger partial charge on any atom is 0.0524 e. The van der Waals surface area contributed by atoms with E-state index in [1.165, 1.54) is 334 Å². The van der Waals surface area contributed by atoms with Crippen LogP contribution in [0.5, 0.6) is 0 Å². The van der Waals surface area contributed by atoms with Crippen molar-refractivity contribution in [3.63, 3.8) is 0 Å². The van der Waals surface area contributed by atoms with Crippen LogP contribution in [0, 0.1) is 108 Å². The van der Waals surface area contributed by atoms with Crippen molar-refractivity contribution in [3.8, 4) is 0 Å². The predicted molar refractivity (Wildman–Crippen MR) is 501 cm³/mol. The number of ether oxygens (including phenoxy) is 9. The molecule has 3 unspecified atom stereocenters. The Labute approximate surface area is 730 Å². The first-order valence-electron chi connectivity index (χ1n) is 52.8. The van der Waals surface area contributed by atoms with Crippen LogP contribution in [0.15, 0.2) is 0 Å². The summed E-state index contributed by atoms with van der Waals surface area (Å²) >= 11 is 0. The lowest BCUT2D eigenvalue weighted by molar-refractivity contribution is -0.132. The molecule has 9 nitrogen and oxygen atoms in total. The molecule has 0 aromatic heterocycles. The molecular weight excluding hydrogens is 1440 g/mol. The second-order valence-electron chi connectivity index (χ2n) is 43.6. The fourth-order valence-electron chi connectivity index (χ4n) is 26.7. The van der Waals surface area contributed by atoms with E-state index in [2.05, 4.69) is 125 Å². The summed E-state index contributed by atoms with van der Waals surface area (Å²) in [6.45, 7) is 57.2. The maximum atomic E-state index is 5.83. The van der Waals surface area contributed by atoms with Gasteiger partial charge >= 0.3 is 0 Å². The zero-order valence-electron chi connectivity index (χ0n) is 82.2. The summed E-state index contributed by atoms with van der Waals surface area (Å²) in [6.07, 6.45) is 76.1. The zero-order chi connectivity index (χ0) is 84.8. The van der Waals surface area contributed by atoms with Crippen LogP contribution in [-0.2, 0) is 42.6 Å². The summed E-state index contributed by atoms with van der Waals surface area (Å²) in [5, 5.41) is 0. The molecule has 0 aromatic carbocycles. The van der Waals surface area contributed by atoms with Crippen LogP contribution >= 0.6 is 0 Å². The Kier molecular flexibility index (Phi) is 51.1. The maximum absolute atomic E-state index is 5.83. The van der Waals surface area contributed by atoms with Gasteiger partial charge < -0.3 is 42.6 Å². The number of hydrogen-bond donors (Lipinski definition) is 0. The van der Waals surface area contributed by atoms with Gasteiger partial charge in [0.2, 0.25) is 0 Å². The molecule has 0 aromatic rings. The lowest BCUT2D eigenvalue weighted by atomic mass is 9.46. The molecule has 15 saturated carbocycles. The van der Waals surface area contributed by atoms with E-state index >= 15 is 0 Å². The van der Waals surface area contributed by atoms with Gasteiger partial charge in [0.25, 0.3) is 0 Å². The molecule has 0 N–H and O–H groups in total. The van der Waals surface area contributed by atoms with Crippen molar-refractivity contribution in [1.82, 2.24) is 0 Å². The molecule has 15 aliphatic rings.